The molecule has 0 unspecified atom stereocenters. The van der Waals surface area contributed by atoms with E-state index in [0.717, 1.165) is 41.0 Å². The first-order valence-electron chi connectivity index (χ1n) is 9.59. The van der Waals surface area contributed by atoms with Crippen molar-refractivity contribution in [3.8, 4) is 12.8 Å². The Morgan fingerprint density at radius 3 is 1.29 bits per heavy atom. The summed E-state index contributed by atoms with van der Waals surface area (Å²) in [6.07, 6.45) is 13.5. The molecule has 2 aromatic rings. The smallest absolute Gasteiger partial charge is 0.300 e. The zero-order valence-electron chi connectivity index (χ0n) is 20.3. The Labute approximate surface area is 204 Å². The van der Waals surface area contributed by atoms with E-state index in [1.165, 1.54) is 21.9 Å². The van der Waals surface area contributed by atoms with Gasteiger partial charge in [-0.05, 0) is 28.3 Å². The van der Waals surface area contributed by atoms with Crippen LogP contribution in [-0.4, -0.2) is 55.4 Å². The van der Waals surface area contributed by atoms with Crippen LogP contribution in [0.3, 0.4) is 0 Å². The average molecular weight is 493 g/mol. The average Bonchev–Trinajstić information content (AvgIpc) is 2.68. The number of rotatable bonds is 0. The molecular formula is C25H32O10. The second-order valence-corrected chi connectivity index (χ2v) is 6.06. The van der Waals surface area contributed by atoms with Crippen LogP contribution in [0.1, 0.15) is 45.7 Å². The third-order valence-electron chi connectivity index (χ3n) is 2.66. The van der Waals surface area contributed by atoms with E-state index in [4.69, 9.17) is 49.5 Å². The summed E-state index contributed by atoms with van der Waals surface area (Å²) in [6, 6.07) is 13.0. The number of carboxylic acid groups (broad SMARTS) is 5. The Morgan fingerprint density at radius 1 is 0.629 bits per heavy atom. The van der Waals surface area contributed by atoms with Crippen molar-refractivity contribution in [3.63, 3.8) is 0 Å². The number of benzene rings is 2. The summed E-state index contributed by atoms with van der Waals surface area (Å²) in [7, 11) is 0. The second kappa shape index (κ2) is 24.0. The molecular weight excluding hydrogens is 460 g/mol. The van der Waals surface area contributed by atoms with E-state index in [1.807, 2.05) is 0 Å². The lowest BCUT2D eigenvalue weighted by Crippen LogP contribution is -1.91. The van der Waals surface area contributed by atoms with Crippen LogP contribution >= 0.6 is 0 Å². The first kappa shape index (κ1) is 37.7. The zero-order chi connectivity index (χ0) is 28.6. The molecule has 35 heavy (non-hydrogen) atoms. The molecule has 0 atom stereocenters. The van der Waals surface area contributed by atoms with Gasteiger partial charge in [-0.25, -0.2) is 0 Å². The van der Waals surface area contributed by atoms with Crippen LogP contribution < -0.4 is 0 Å². The minimum atomic E-state index is -0.833. The zero-order valence-corrected chi connectivity index (χ0v) is 20.3. The number of carboxylic acids is 5. The lowest BCUT2D eigenvalue weighted by molar-refractivity contribution is -0.135. The fourth-order valence-corrected chi connectivity index (χ4v) is 2.07. The van der Waals surface area contributed by atoms with Gasteiger partial charge >= 0.3 is 0 Å². The van der Waals surface area contributed by atoms with Gasteiger partial charge in [0, 0.05) is 34.6 Å². The van der Waals surface area contributed by atoms with Gasteiger partial charge in [0.2, 0.25) is 0 Å². The molecule has 1 aliphatic rings. The Kier molecular flexibility index (Phi) is 25.8. The Morgan fingerprint density at radius 2 is 0.943 bits per heavy atom. The first-order valence-corrected chi connectivity index (χ1v) is 9.59. The monoisotopic (exact) mass is 492 g/mol. The largest absolute Gasteiger partial charge is 0.481 e. The van der Waals surface area contributed by atoms with Gasteiger partial charge in [-0.15, -0.1) is 12.8 Å². The molecule has 0 amide bonds. The highest BCUT2D eigenvalue weighted by atomic mass is 16.4. The van der Waals surface area contributed by atoms with Crippen molar-refractivity contribution < 1.29 is 49.5 Å². The van der Waals surface area contributed by atoms with Crippen LogP contribution in [0.5, 0.6) is 0 Å². The second-order valence-electron chi connectivity index (χ2n) is 6.06. The molecule has 192 valence electrons. The SMILES string of the molecule is C#C.C1=Cc2cccc3cccc(c23)C1.CC(=O)O.CC(=O)O.CC(=O)O.CC(=O)O.CC(=O)O. The van der Waals surface area contributed by atoms with Gasteiger partial charge in [0.05, 0.1) is 0 Å². The van der Waals surface area contributed by atoms with E-state index in [9.17, 15) is 0 Å². The third-order valence-corrected chi connectivity index (χ3v) is 2.66. The maximum absolute atomic E-state index is 9.00. The van der Waals surface area contributed by atoms with Gasteiger partial charge in [-0.2, -0.15) is 0 Å². The van der Waals surface area contributed by atoms with Gasteiger partial charge in [-0.1, -0.05) is 48.6 Å². The number of terminal acetylenes is 1. The first-order chi connectivity index (χ1) is 16.1. The van der Waals surface area contributed by atoms with Crippen LogP contribution in [0.15, 0.2) is 42.5 Å². The predicted molar refractivity (Wildman–Crippen MR) is 133 cm³/mol. The molecule has 0 aromatic heterocycles. The summed E-state index contributed by atoms with van der Waals surface area (Å²) < 4.78 is 0. The Hall–Kier alpha value is -4.65. The maximum Gasteiger partial charge on any atom is 0.300 e. The van der Waals surface area contributed by atoms with Crippen molar-refractivity contribution >= 4 is 46.7 Å². The summed E-state index contributed by atoms with van der Waals surface area (Å²) >= 11 is 0. The molecule has 0 bridgehead atoms. The lowest BCUT2D eigenvalue weighted by atomic mass is 9.93. The lowest BCUT2D eigenvalue weighted by Gasteiger charge is -2.11. The van der Waals surface area contributed by atoms with Crippen molar-refractivity contribution in [2.24, 2.45) is 0 Å². The normalized spacial score (nSPS) is 8.66. The fraction of sp³-hybridized carbons (Fsp3) is 0.240. The van der Waals surface area contributed by atoms with E-state index < -0.39 is 29.8 Å². The van der Waals surface area contributed by atoms with Crippen molar-refractivity contribution in [2.75, 3.05) is 0 Å². The van der Waals surface area contributed by atoms with Crippen LogP contribution in [0.4, 0.5) is 0 Å². The van der Waals surface area contributed by atoms with E-state index in [1.54, 1.807) is 0 Å². The summed E-state index contributed by atoms with van der Waals surface area (Å²) in [4.78, 5) is 45.0. The molecule has 0 fully saturated rings. The van der Waals surface area contributed by atoms with Crippen LogP contribution in [-0.2, 0) is 30.4 Å². The number of carbonyl (C=O) groups is 5. The molecule has 0 aliphatic heterocycles. The highest BCUT2D eigenvalue weighted by Crippen LogP contribution is 2.27. The topological polar surface area (TPSA) is 186 Å². The molecule has 2 aromatic carbocycles. The Balaban J connectivity index is -0.000000185. The summed E-state index contributed by atoms with van der Waals surface area (Å²) in [6.45, 7) is 5.42. The molecule has 0 spiro atoms. The number of hydrogen-bond acceptors (Lipinski definition) is 5. The molecule has 0 radical (unpaired) electrons. The van der Waals surface area contributed by atoms with Gasteiger partial charge in [-0.3, -0.25) is 24.0 Å². The van der Waals surface area contributed by atoms with E-state index in [-0.39, 0.29) is 0 Å². The van der Waals surface area contributed by atoms with Crippen LogP contribution in [0.25, 0.3) is 16.8 Å². The molecule has 3 rings (SSSR count). The number of hydrogen-bond donors (Lipinski definition) is 5. The summed E-state index contributed by atoms with van der Waals surface area (Å²) in [5.74, 6) is -4.17. The van der Waals surface area contributed by atoms with Crippen LogP contribution in [0.2, 0.25) is 0 Å². The molecule has 0 saturated carbocycles. The molecule has 10 nitrogen and oxygen atoms in total. The summed E-state index contributed by atoms with van der Waals surface area (Å²) in [5, 5.41) is 39.9. The maximum atomic E-state index is 9.00. The molecule has 10 heteroatoms. The van der Waals surface area contributed by atoms with Crippen LogP contribution in [0, 0.1) is 12.8 Å². The van der Waals surface area contributed by atoms with Gasteiger partial charge in [0.15, 0.2) is 0 Å². The molecule has 1 aliphatic carbocycles. The standard InChI is InChI=1S/C13H10.5C2H4O2.C2H2/c1-4-10-6-2-8-12-9-3-7-11(5-1)13(10)12;5*1-2(3)4;1-2/h1-8H,9H2;5*1H3,(H,3,4);1-2H. The number of aliphatic carboxylic acids is 5. The van der Waals surface area contributed by atoms with Gasteiger partial charge in [0.1, 0.15) is 0 Å². The van der Waals surface area contributed by atoms with E-state index in [0.29, 0.717) is 0 Å². The molecule has 5 N–H and O–H groups in total. The highest BCUT2D eigenvalue weighted by Gasteiger charge is 2.06. The highest BCUT2D eigenvalue weighted by molar-refractivity contribution is 5.94. The van der Waals surface area contributed by atoms with Gasteiger partial charge in [0.25, 0.3) is 29.8 Å². The van der Waals surface area contributed by atoms with Crippen molar-refractivity contribution in [3.05, 3.63) is 53.6 Å². The van der Waals surface area contributed by atoms with Crippen molar-refractivity contribution in [2.45, 2.75) is 41.0 Å². The summed E-state index contributed by atoms with van der Waals surface area (Å²) in [5.41, 5.74) is 2.81. The van der Waals surface area contributed by atoms with Crippen molar-refractivity contribution in [1.82, 2.24) is 0 Å². The third kappa shape index (κ3) is 34.2. The van der Waals surface area contributed by atoms with E-state index >= 15 is 0 Å². The molecule has 0 heterocycles. The minimum Gasteiger partial charge on any atom is -0.481 e. The fourth-order valence-electron chi connectivity index (χ4n) is 2.07. The van der Waals surface area contributed by atoms with Crippen molar-refractivity contribution in [1.29, 1.82) is 0 Å². The minimum absolute atomic E-state index is 0.833. The van der Waals surface area contributed by atoms with E-state index in [2.05, 4.69) is 61.4 Å². The molecule has 0 saturated heterocycles. The Bertz CT molecular complexity index is 893. The van der Waals surface area contributed by atoms with Gasteiger partial charge < -0.3 is 25.5 Å². The predicted octanol–water partition coefficient (Wildman–Crippen LogP) is 4.11. The quantitative estimate of drug-likeness (QED) is 0.335. The number of allylic oxidation sites excluding steroid dienone is 1.